The summed E-state index contributed by atoms with van der Waals surface area (Å²) < 4.78 is 91.7. The number of carbonyl (C=O) groups is 1. The fourth-order valence-corrected chi connectivity index (χ4v) is 3.71. The molecule has 1 aliphatic rings. The number of amides is 1. The van der Waals surface area contributed by atoms with Gasteiger partial charge >= 0.3 is 23.9 Å². The number of hydrogen-bond acceptors (Lipinski definition) is 2. The topological polar surface area (TPSA) is 34.4 Å². The summed E-state index contributed by atoms with van der Waals surface area (Å²) in [5.74, 6) is -15.1. The zero-order chi connectivity index (χ0) is 21.0. The molecule has 11 heteroatoms. The third-order valence-corrected chi connectivity index (χ3v) is 5.80. The SMILES string of the molecule is Cc1c(C(C)(C)C)s/c(=N\C(=O)C(F)(F)C(F)(F)C(F)(F)F)n1CC1CC1. The Kier molecular flexibility index (Phi) is 5.35. The molecular weight excluding hydrogens is 401 g/mol. The number of nitrogens with zero attached hydrogens (tertiary/aromatic N) is 2. The van der Waals surface area contributed by atoms with E-state index in [9.17, 15) is 35.5 Å². The summed E-state index contributed by atoms with van der Waals surface area (Å²) in [6.07, 6.45) is -4.82. The monoisotopic (exact) mass is 420 g/mol. The first-order chi connectivity index (χ1) is 12.0. The Morgan fingerprint density at radius 3 is 2.04 bits per heavy atom. The van der Waals surface area contributed by atoms with Gasteiger partial charge in [-0.3, -0.25) is 4.79 Å². The van der Waals surface area contributed by atoms with Crippen molar-refractivity contribution >= 4 is 17.2 Å². The Balaban J connectivity index is 2.55. The first-order valence-corrected chi connectivity index (χ1v) is 8.94. The molecule has 0 atom stereocenters. The van der Waals surface area contributed by atoms with Crippen molar-refractivity contribution in [3.63, 3.8) is 0 Å². The molecule has 0 spiro atoms. The van der Waals surface area contributed by atoms with Crippen LogP contribution in [0.1, 0.15) is 44.2 Å². The van der Waals surface area contributed by atoms with Crippen LogP contribution in [0, 0.1) is 12.8 Å². The zero-order valence-electron chi connectivity index (χ0n) is 15.1. The van der Waals surface area contributed by atoms with Crippen molar-refractivity contribution in [2.24, 2.45) is 10.9 Å². The largest absolute Gasteiger partial charge is 0.460 e. The summed E-state index contributed by atoms with van der Waals surface area (Å²) in [6, 6.07) is 0. The highest BCUT2D eigenvalue weighted by Gasteiger charge is 2.76. The summed E-state index contributed by atoms with van der Waals surface area (Å²) >= 11 is 0.841. The molecule has 1 aromatic rings. The van der Waals surface area contributed by atoms with Crippen molar-refractivity contribution in [2.45, 2.75) is 70.5 Å². The van der Waals surface area contributed by atoms with Gasteiger partial charge in [0.2, 0.25) is 0 Å². The van der Waals surface area contributed by atoms with Crippen molar-refractivity contribution in [1.82, 2.24) is 4.57 Å². The molecule has 2 rings (SSSR count). The van der Waals surface area contributed by atoms with E-state index in [0.717, 1.165) is 24.2 Å². The molecule has 1 heterocycles. The molecule has 1 aliphatic carbocycles. The predicted octanol–water partition coefficient (Wildman–Crippen LogP) is 4.83. The van der Waals surface area contributed by atoms with Gasteiger partial charge in [0.1, 0.15) is 0 Å². The van der Waals surface area contributed by atoms with Crippen LogP contribution in [0.5, 0.6) is 0 Å². The van der Waals surface area contributed by atoms with E-state index in [1.165, 1.54) is 4.57 Å². The summed E-state index contributed by atoms with van der Waals surface area (Å²) in [6.45, 7) is 7.49. The minimum absolute atomic E-state index is 0.234. The van der Waals surface area contributed by atoms with Crippen LogP contribution in [-0.2, 0) is 16.8 Å². The Hall–Kier alpha value is -1.39. The predicted molar refractivity (Wildman–Crippen MR) is 85.0 cm³/mol. The van der Waals surface area contributed by atoms with Gasteiger partial charge in [-0.1, -0.05) is 20.8 Å². The number of halogens is 7. The van der Waals surface area contributed by atoms with E-state index in [4.69, 9.17) is 0 Å². The standard InChI is InChI=1S/C16H19F7N2OS/c1-8-10(13(2,3)4)27-12(25(8)7-9-5-6-9)24-11(26)14(17,18)15(19,20)16(21,22)23/h9H,5-7H2,1-4H3/b24-12-. The van der Waals surface area contributed by atoms with Crippen molar-refractivity contribution in [1.29, 1.82) is 0 Å². The second kappa shape index (κ2) is 6.59. The average molecular weight is 420 g/mol. The molecule has 154 valence electrons. The summed E-state index contributed by atoms with van der Waals surface area (Å²) in [7, 11) is 0. The van der Waals surface area contributed by atoms with E-state index in [2.05, 4.69) is 4.99 Å². The van der Waals surface area contributed by atoms with Gasteiger partial charge in [-0.25, -0.2) is 0 Å². The lowest BCUT2D eigenvalue weighted by atomic mass is 9.93. The Labute approximate surface area is 154 Å². The molecule has 1 saturated carbocycles. The maximum absolute atomic E-state index is 13.6. The molecule has 0 unspecified atom stereocenters. The molecular formula is C16H19F7N2OS. The minimum atomic E-state index is -6.58. The zero-order valence-corrected chi connectivity index (χ0v) is 15.9. The fraction of sp³-hybridized carbons (Fsp3) is 0.750. The minimum Gasteiger partial charge on any atom is -0.320 e. The lowest BCUT2D eigenvalue weighted by Gasteiger charge is -2.25. The Bertz CT molecular complexity index is 795. The molecule has 0 aromatic carbocycles. The third-order valence-electron chi connectivity index (χ3n) is 4.19. The summed E-state index contributed by atoms with van der Waals surface area (Å²) in [5, 5.41) is 0. The van der Waals surface area contributed by atoms with Crippen molar-refractivity contribution in [3.8, 4) is 0 Å². The van der Waals surface area contributed by atoms with Crippen LogP contribution >= 0.6 is 11.3 Å². The van der Waals surface area contributed by atoms with Gasteiger partial charge < -0.3 is 4.57 Å². The third kappa shape index (κ3) is 4.07. The van der Waals surface area contributed by atoms with E-state index in [-0.39, 0.29) is 10.7 Å². The highest BCUT2D eigenvalue weighted by molar-refractivity contribution is 7.09. The maximum atomic E-state index is 13.6. The van der Waals surface area contributed by atoms with Crippen molar-refractivity contribution in [2.75, 3.05) is 0 Å². The molecule has 27 heavy (non-hydrogen) atoms. The van der Waals surface area contributed by atoms with Crippen LogP contribution < -0.4 is 4.80 Å². The van der Waals surface area contributed by atoms with Crippen LogP contribution in [-0.4, -0.2) is 28.5 Å². The number of hydrogen-bond donors (Lipinski definition) is 0. The van der Waals surface area contributed by atoms with Crippen molar-refractivity contribution < 1.29 is 35.5 Å². The van der Waals surface area contributed by atoms with Gasteiger partial charge in [0.25, 0.3) is 0 Å². The molecule has 1 fully saturated rings. The van der Waals surface area contributed by atoms with E-state index in [1.54, 1.807) is 6.92 Å². The number of rotatable bonds is 4. The van der Waals surface area contributed by atoms with E-state index in [0.29, 0.717) is 17.1 Å². The van der Waals surface area contributed by atoms with E-state index < -0.39 is 29.3 Å². The number of alkyl halides is 7. The second-order valence-corrected chi connectivity index (χ2v) is 8.64. The molecule has 3 nitrogen and oxygen atoms in total. The summed E-state index contributed by atoms with van der Waals surface area (Å²) in [5.41, 5.74) is 0.173. The van der Waals surface area contributed by atoms with E-state index >= 15 is 0 Å². The van der Waals surface area contributed by atoms with Crippen molar-refractivity contribution in [3.05, 3.63) is 15.4 Å². The normalized spacial score (nSPS) is 17.5. The van der Waals surface area contributed by atoms with Crippen LogP contribution in [0.3, 0.4) is 0 Å². The fourth-order valence-electron chi connectivity index (χ4n) is 2.51. The van der Waals surface area contributed by atoms with Gasteiger partial charge in [0.15, 0.2) is 4.80 Å². The first kappa shape index (κ1) is 21.9. The van der Waals surface area contributed by atoms with Gasteiger partial charge in [-0.2, -0.15) is 35.7 Å². The lowest BCUT2D eigenvalue weighted by molar-refractivity contribution is -0.343. The molecule has 0 N–H and O–H groups in total. The van der Waals surface area contributed by atoms with Gasteiger partial charge in [-0.05, 0) is 31.1 Å². The van der Waals surface area contributed by atoms with Crippen LogP contribution in [0.2, 0.25) is 0 Å². The molecule has 1 amide bonds. The second-order valence-electron chi connectivity index (χ2n) is 7.67. The molecule has 0 aliphatic heterocycles. The Morgan fingerprint density at radius 2 is 1.63 bits per heavy atom. The van der Waals surface area contributed by atoms with Crippen LogP contribution in [0.15, 0.2) is 4.99 Å². The van der Waals surface area contributed by atoms with Gasteiger partial charge in [0.05, 0.1) is 0 Å². The lowest BCUT2D eigenvalue weighted by Crippen LogP contribution is -2.56. The highest BCUT2D eigenvalue weighted by atomic mass is 32.1. The number of aromatic nitrogens is 1. The smallest absolute Gasteiger partial charge is 0.320 e. The maximum Gasteiger partial charge on any atom is 0.460 e. The highest BCUT2D eigenvalue weighted by Crippen LogP contribution is 2.47. The molecule has 0 bridgehead atoms. The molecule has 0 radical (unpaired) electrons. The van der Waals surface area contributed by atoms with E-state index in [1.807, 2.05) is 20.8 Å². The quantitative estimate of drug-likeness (QED) is 0.643. The first-order valence-electron chi connectivity index (χ1n) is 8.12. The number of carbonyl (C=O) groups excluding carboxylic acids is 1. The average Bonchev–Trinajstić information content (AvgIpc) is 3.24. The molecule has 0 saturated heterocycles. The van der Waals surface area contributed by atoms with Gasteiger partial charge in [-0.15, -0.1) is 11.3 Å². The van der Waals surface area contributed by atoms with Crippen LogP contribution in [0.25, 0.3) is 0 Å². The number of thiazole rings is 1. The summed E-state index contributed by atoms with van der Waals surface area (Å²) in [4.78, 5) is 15.0. The molecule has 1 aromatic heterocycles. The van der Waals surface area contributed by atoms with Gasteiger partial charge in [0, 0.05) is 17.1 Å². The Morgan fingerprint density at radius 1 is 1.11 bits per heavy atom. The van der Waals surface area contributed by atoms with Crippen LogP contribution in [0.4, 0.5) is 30.7 Å².